The molecule has 4 rings (SSSR count). The highest BCUT2D eigenvalue weighted by molar-refractivity contribution is 6.01. The van der Waals surface area contributed by atoms with E-state index in [2.05, 4.69) is 5.32 Å². The van der Waals surface area contributed by atoms with Crippen LogP contribution in [0.5, 0.6) is 17.2 Å². The van der Waals surface area contributed by atoms with Gasteiger partial charge >= 0.3 is 0 Å². The van der Waals surface area contributed by atoms with Gasteiger partial charge in [0.1, 0.15) is 29.4 Å². The Labute approximate surface area is 185 Å². The summed E-state index contributed by atoms with van der Waals surface area (Å²) in [5.74, 6) is -1.03. The van der Waals surface area contributed by atoms with Crippen molar-refractivity contribution in [2.24, 2.45) is 0 Å². The van der Waals surface area contributed by atoms with E-state index in [0.29, 0.717) is 17.7 Å². The standard InChI is InChI=1S/C25H24N2O5/c1-15-20(28)11-21(29)22(23(15)32-14-16-7-4-3-5-8-16)25(31)27-12-17-9-6-10-18(19(17)13-27)24(30)26-2/h3-11,28-29H,12-14H2,1-2H3,(H,26,30). The van der Waals surface area contributed by atoms with Crippen molar-refractivity contribution in [3.05, 3.63) is 88.0 Å². The van der Waals surface area contributed by atoms with Crippen molar-refractivity contribution in [3.8, 4) is 17.2 Å². The van der Waals surface area contributed by atoms with Gasteiger partial charge in [0.25, 0.3) is 11.8 Å². The van der Waals surface area contributed by atoms with Gasteiger partial charge in [-0.05, 0) is 29.7 Å². The normalized spacial score (nSPS) is 12.4. The maximum absolute atomic E-state index is 13.5. The molecule has 0 atom stereocenters. The van der Waals surface area contributed by atoms with Crippen LogP contribution >= 0.6 is 0 Å². The zero-order valence-electron chi connectivity index (χ0n) is 17.9. The molecule has 3 aromatic carbocycles. The van der Waals surface area contributed by atoms with Crippen molar-refractivity contribution in [2.45, 2.75) is 26.6 Å². The Hall–Kier alpha value is -4.00. The van der Waals surface area contributed by atoms with Crippen LogP contribution in [0, 0.1) is 6.92 Å². The monoisotopic (exact) mass is 432 g/mol. The molecule has 3 aromatic rings. The molecular weight excluding hydrogens is 408 g/mol. The molecule has 0 saturated heterocycles. The highest BCUT2D eigenvalue weighted by Crippen LogP contribution is 2.40. The van der Waals surface area contributed by atoms with Gasteiger partial charge in [0.15, 0.2) is 0 Å². The summed E-state index contributed by atoms with van der Waals surface area (Å²) in [6.07, 6.45) is 0. The minimum absolute atomic E-state index is 0.00877. The molecule has 3 N–H and O–H groups in total. The maximum atomic E-state index is 13.5. The lowest BCUT2D eigenvalue weighted by Gasteiger charge is -2.21. The predicted octanol–water partition coefficient (Wildman–Crippen LogP) is 3.50. The Morgan fingerprint density at radius 2 is 1.78 bits per heavy atom. The molecule has 0 saturated carbocycles. The van der Waals surface area contributed by atoms with E-state index in [1.54, 1.807) is 31.0 Å². The van der Waals surface area contributed by atoms with E-state index >= 15 is 0 Å². The Kier molecular flexibility index (Phi) is 5.73. The van der Waals surface area contributed by atoms with E-state index in [9.17, 15) is 19.8 Å². The molecule has 0 aromatic heterocycles. The van der Waals surface area contributed by atoms with Crippen molar-refractivity contribution >= 4 is 11.8 Å². The molecular formula is C25H24N2O5. The van der Waals surface area contributed by atoms with Crippen LogP contribution in [0.2, 0.25) is 0 Å². The van der Waals surface area contributed by atoms with Crippen molar-refractivity contribution < 1.29 is 24.5 Å². The number of amides is 2. The van der Waals surface area contributed by atoms with Crippen molar-refractivity contribution in [1.29, 1.82) is 0 Å². The molecule has 2 amide bonds. The van der Waals surface area contributed by atoms with Gasteiger partial charge in [-0.3, -0.25) is 9.59 Å². The quantitative estimate of drug-likeness (QED) is 0.573. The van der Waals surface area contributed by atoms with Gasteiger partial charge in [-0.25, -0.2) is 0 Å². The third kappa shape index (κ3) is 3.85. The molecule has 7 heteroatoms. The molecule has 1 aliphatic heterocycles. The average molecular weight is 432 g/mol. The first-order valence-corrected chi connectivity index (χ1v) is 10.2. The number of nitrogens with one attached hydrogen (secondary N) is 1. The first kappa shape index (κ1) is 21.2. The van der Waals surface area contributed by atoms with Gasteiger partial charge < -0.3 is 25.2 Å². The highest BCUT2D eigenvalue weighted by Gasteiger charge is 2.32. The largest absolute Gasteiger partial charge is 0.507 e. The molecule has 0 radical (unpaired) electrons. The Morgan fingerprint density at radius 3 is 2.50 bits per heavy atom. The topological polar surface area (TPSA) is 99.1 Å². The fourth-order valence-corrected chi connectivity index (χ4v) is 3.92. The van der Waals surface area contributed by atoms with Crippen LogP contribution < -0.4 is 10.1 Å². The van der Waals surface area contributed by atoms with Gasteiger partial charge in [0, 0.05) is 37.3 Å². The first-order chi connectivity index (χ1) is 15.4. The first-order valence-electron chi connectivity index (χ1n) is 10.2. The van der Waals surface area contributed by atoms with E-state index < -0.39 is 5.91 Å². The van der Waals surface area contributed by atoms with Gasteiger partial charge in [-0.1, -0.05) is 42.5 Å². The smallest absolute Gasteiger partial charge is 0.262 e. The van der Waals surface area contributed by atoms with E-state index in [1.807, 2.05) is 36.4 Å². The molecule has 0 unspecified atom stereocenters. The molecule has 0 spiro atoms. The number of fused-ring (bicyclic) bond motifs is 1. The molecule has 164 valence electrons. The lowest BCUT2D eigenvalue weighted by Crippen LogP contribution is -2.27. The average Bonchev–Trinajstić information content (AvgIpc) is 3.24. The summed E-state index contributed by atoms with van der Waals surface area (Å²) < 4.78 is 5.92. The second-order valence-electron chi connectivity index (χ2n) is 7.70. The molecule has 1 aliphatic rings. The predicted molar refractivity (Wildman–Crippen MR) is 119 cm³/mol. The second kappa shape index (κ2) is 8.63. The van der Waals surface area contributed by atoms with Gasteiger partial charge in [0.05, 0.1) is 0 Å². The highest BCUT2D eigenvalue weighted by atomic mass is 16.5. The number of carbonyl (C=O) groups is 2. The van der Waals surface area contributed by atoms with Crippen molar-refractivity contribution in [3.63, 3.8) is 0 Å². The minimum atomic E-state index is -0.437. The number of hydrogen-bond acceptors (Lipinski definition) is 5. The minimum Gasteiger partial charge on any atom is -0.507 e. The summed E-state index contributed by atoms with van der Waals surface area (Å²) >= 11 is 0. The summed E-state index contributed by atoms with van der Waals surface area (Å²) in [4.78, 5) is 27.3. The number of aromatic hydroxyl groups is 2. The number of phenols is 2. The lowest BCUT2D eigenvalue weighted by molar-refractivity contribution is 0.0741. The molecule has 0 fully saturated rings. The van der Waals surface area contributed by atoms with Gasteiger partial charge in [-0.2, -0.15) is 0 Å². The van der Waals surface area contributed by atoms with E-state index in [0.717, 1.165) is 22.8 Å². The van der Waals surface area contributed by atoms with Crippen molar-refractivity contribution in [2.75, 3.05) is 7.05 Å². The summed E-state index contributed by atoms with van der Waals surface area (Å²) in [5.41, 5.74) is 3.42. The van der Waals surface area contributed by atoms with Crippen LogP contribution in [0.4, 0.5) is 0 Å². The van der Waals surface area contributed by atoms with Crippen LogP contribution in [0.15, 0.2) is 54.6 Å². The van der Waals surface area contributed by atoms with Gasteiger partial charge in [-0.15, -0.1) is 0 Å². The number of carbonyl (C=O) groups excluding carboxylic acids is 2. The third-order valence-electron chi connectivity index (χ3n) is 5.66. The summed E-state index contributed by atoms with van der Waals surface area (Å²) in [6, 6.07) is 16.0. The molecule has 0 bridgehead atoms. The third-order valence-corrected chi connectivity index (χ3v) is 5.66. The number of benzene rings is 3. The fraction of sp³-hybridized carbons (Fsp3) is 0.200. The van der Waals surface area contributed by atoms with Crippen LogP contribution in [0.3, 0.4) is 0 Å². The maximum Gasteiger partial charge on any atom is 0.262 e. The van der Waals surface area contributed by atoms with Gasteiger partial charge in [0.2, 0.25) is 0 Å². The number of ether oxygens (including phenoxy) is 1. The summed E-state index contributed by atoms with van der Waals surface area (Å²) in [5, 5.41) is 23.4. The van der Waals surface area contributed by atoms with Crippen molar-refractivity contribution in [1.82, 2.24) is 10.2 Å². The number of phenolic OH excluding ortho intramolecular Hbond substituents is 2. The second-order valence-corrected chi connectivity index (χ2v) is 7.70. The SMILES string of the molecule is CNC(=O)c1cccc2c1CN(C(=O)c1c(O)cc(O)c(C)c1OCc1ccccc1)C2. The molecule has 1 heterocycles. The fourth-order valence-electron chi connectivity index (χ4n) is 3.92. The zero-order valence-corrected chi connectivity index (χ0v) is 17.9. The van der Waals surface area contributed by atoms with E-state index in [-0.39, 0.29) is 41.9 Å². The number of hydrogen-bond donors (Lipinski definition) is 3. The zero-order chi connectivity index (χ0) is 22.8. The lowest BCUT2D eigenvalue weighted by atomic mass is 10.0. The van der Waals surface area contributed by atoms with Crippen LogP contribution in [0.25, 0.3) is 0 Å². The number of nitrogens with zero attached hydrogens (tertiary/aromatic N) is 1. The van der Waals surface area contributed by atoms with E-state index in [4.69, 9.17) is 4.74 Å². The Balaban J connectivity index is 1.66. The Bertz CT molecular complexity index is 1190. The molecule has 32 heavy (non-hydrogen) atoms. The summed E-state index contributed by atoms with van der Waals surface area (Å²) in [7, 11) is 1.56. The molecule has 0 aliphatic carbocycles. The Morgan fingerprint density at radius 1 is 1.03 bits per heavy atom. The van der Waals surface area contributed by atoms with Crippen LogP contribution in [0.1, 0.15) is 43.0 Å². The molecule has 7 nitrogen and oxygen atoms in total. The van der Waals surface area contributed by atoms with E-state index in [1.165, 1.54) is 0 Å². The number of rotatable bonds is 5. The van der Waals surface area contributed by atoms with Crippen LogP contribution in [-0.2, 0) is 19.7 Å². The van der Waals surface area contributed by atoms with Crippen LogP contribution in [-0.4, -0.2) is 34.0 Å². The summed E-state index contributed by atoms with van der Waals surface area (Å²) in [6.45, 7) is 2.34.